The number of rotatable bonds is 4. The maximum absolute atomic E-state index is 12.2. The number of benzene rings is 2. The van der Waals surface area contributed by atoms with Crippen molar-refractivity contribution in [2.75, 3.05) is 7.11 Å². The molecule has 24 heavy (non-hydrogen) atoms. The lowest BCUT2D eigenvalue weighted by atomic mass is 10.1. The Hall–Kier alpha value is -2.84. The molecule has 0 spiro atoms. The Morgan fingerprint density at radius 2 is 1.79 bits per heavy atom. The lowest BCUT2D eigenvalue weighted by molar-refractivity contribution is 0.415. The summed E-state index contributed by atoms with van der Waals surface area (Å²) >= 11 is 0. The van der Waals surface area contributed by atoms with Crippen LogP contribution in [0.1, 0.15) is 0 Å². The van der Waals surface area contributed by atoms with Crippen molar-refractivity contribution in [2.45, 2.75) is 4.90 Å². The molecule has 0 saturated heterocycles. The lowest BCUT2D eigenvalue weighted by Crippen LogP contribution is -2.13. The first-order valence-corrected chi connectivity index (χ1v) is 8.37. The molecule has 0 unspecified atom stereocenters. The summed E-state index contributed by atoms with van der Waals surface area (Å²) in [6.07, 6.45) is 0. The maximum Gasteiger partial charge on any atom is 0.294 e. The molecule has 0 aliphatic heterocycles. The highest BCUT2D eigenvalue weighted by Gasteiger charge is 2.11. The smallest absolute Gasteiger partial charge is 0.294 e. The average molecular weight is 346 g/mol. The molecule has 0 bridgehead atoms. The highest BCUT2D eigenvalue weighted by Crippen LogP contribution is 2.22. The molecule has 0 saturated carbocycles. The van der Waals surface area contributed by atoms with Gasteiger partial charge in [-0.3, -0.25) is 14.4 Å². The van der Waals surface area contributed by atoms with Crippen LogP contribution in [-0.4, -0.2) is 29.9 Å². The second-order valence-corrected chi connectivity index (χ2v) is 6.47. The van der Waals surface area contributed by atoms with E-state index in [0.717, 1.165) is 5.56 Å². The molecule has 0 amide bonds. The number of nitrogens with zero attached hydrogens (tertiary/aromatic N) is 1. The van der Waals surface area contributed by atoms with E-state index in [1.807, 2.05) is 12.1 Å². The van der Waals surface area contributed by atoms with Gasteiger partial charge in [0.1, 0.15) is 5.75 Å². The Balaban J connectivity index is 2.01. The first kappa shape index (κ1) is 16.0. The molecule has 1 aromatic heterocycles. The van der Waals surface area contributed by atoms with Gasteiger partial charge >= 0.3 is 0 Å². The van der Waals surface area contributed by atoms with Crippen LogP contribution in [0.5, 0.6) is 5.75 Å². The summed E-state index contributed by atoms with van der Waals surface area (Å²) in [7, 11) is -2.71. The Morgan fingerprint density at radius 3 is 2.42 bits per heavy atom. The van der Waals surface area contributed by atoms with Gasteiger partial charge in [0, 0.05) is 11.6 Å². The fraction of sp³-hybridized carbons (Fsp3) is 0.0625. The number of hydrogen-bond donors (Lipinski definition) is 2. The van der Waals surface area contributed by atoms with Crippen molar-refractivity contribution < 1.29 is 17.7 Å². The van der Waals surface area contributed by atoms with Crippen molar-refractivity contribution in [2.24, 2.45) is 0 Å². The number of aromatic nitrogens is 2. The normalized spacial score (nSPS) is 11.4. The molecular formula is C16H14N2O5S. The van der Waals surface area contributed by atoms with E-state index in [1.165, 1.54) is 35.0 Å². The molecular weight excluding hydrogens is 332 g/mol. The van der Waals surface area contributed by atoms with E-state index in [0.29, 0.717) is 17.1 Å². The molecule has 3 aromatic rings. The van der Waals surface area contributed by atoms with Gasteiger partial charge in [0.2, 0.25) is 0 Å². The minimum atomic E-state index is -4.27. The summed E-state index contributed by atoms with van der Waals surface area (Å²) in [5.41, 5.74) is 1.52. The van der Waals surface area contributed by atoms with Gasteiger partial charge < -0.3 is 4.74 Å². The van der Waals surface area contributed by atoms with Crippen LogP contribution in [0.3, 0.4) is 0 Å². The summed E-state index contributed by atoms with van der Waals surface area (Å²) in [4.78, 5) is 11.9. The van der Waals surface area contributed by atoms with Gasteiger partial charge in [-0.15, -0.1) is 0 Å². The quantitative estimate of drug-likeness (QED) is 0.704. The highest BCUT2D eigenvalue weighted by atomic mass is 32.2. The van der Waals surface area contributed by atoms with E-state index in [1.54, 1.807) is 19.2 Å². The molecule has 2 aromatic carbocycles. The monoisotopic (exact) mass is 346 g/mol. The molecule has 1 heterocycles. The molecule has 8 heteroatoms. The predicted octanol–water partition coefficient (Wildman–Crippen LogP) is 2.09. The van der Waals surface area contributed by atoms with Gasteiger partial charge in [-0.05, 0) is 36.4 Å². The number of methoxy groups -OCH3 is 1. The van der Waals surface area contributed by atoms with Gasteiger partial charge in [0.25, 0.3) is 15.7 Å². The molecule has 2 N–H and O–H groups in total. The van der Waals surface area contributed by atoms with Crippen molar-refractivity contribution in [1.82, 2.24) is 9.78 Å². The van der Waals surface area contributed by atoms with Crippen LogP contribution in [0.2, 0.25) is 0 Å². The summed E-state index contributed by atoms with van der Waals surface area (Å²) < 4.78 is 37.6. The van der Waals surface area contributed by atoms with Crippen LogP contribution in [0.15, 0.2) is 64.3 Å². The molecule has 7 nitrogen and oxygen atoms in total. The first-order chi connectivity index (χ1) is 11.4. The number of hydrogen-bond acceptors (Lipinski definition) is 4. The minimum absolute atomic E-state index is 0.237. The van der Waals surface area contributed by atoms with Crippen LogP contribution >= 0.6 is 0 Å². The summed E-state index contributed by atoms with van der Waals surface area (Å²) in [5.74, 6) is 0.665. The molecule has 0 radical (unpaired) electrons. The maximum atomic E-state index is 12.2. The molecule has 0 aliphatic rings. The Kier molecular flexibility index (Phi) is 4.00. The largest absolute Gasteiger partial charge is 0.497 e. The van der Waals surface area contributed by atoms with Crippen LogP contribution in [0.4, 0.5) is 0 Å². The zero-order valence-corrected chi connectivity index (χ0v) is 13.4. The SMILES string of the molecule is COc1cccc(-c2cc(=O)n(-c3ccc(S(=O)(=O)O)cc3)[nH]2)c1. The average Bonchev–Trinajstić information content (AvgIpc) is 2.96. The Morgan fingerprint density at radius 1 is 1.08 bits per heavy atom. The zero-order chi connectivity index (χ0) is 17.3. The van der Waals surface area contributed by atoms with Gasteiger partial charge in [0.05, 0.1) is 23.4 Å². The topological polar surface area (TPSA) is 101 Å². The Bertz CT molecular complexity index is 1030. The molecule has 0 fully saturated rings. The Labute approximate surface area is 137 Å². The van der Waals surface area contributed by atoms with Crippen LogP contribution in [-0.2, 0) is 10.1 Å². The third-order valence-electron chi connectivity index (χ3n) is 3.49. The summed E-state index contributed by atoms with van der Waals surface area (Å²) in [5, 5.41) is 2.96. The summed E-state index contributed by atoms with van der Waals surface area (Å²) in [6, 6.07) is 14.0. The standard InChI is InChI=1S/C16H14N2O5S/c1-23-13-4-2-3-11(9-13)15-10-16(19)18(17-15)12-5-7-14(8-6-12)24(20,21)22/h2-10,17H,1H3,(H,20,21,22). The van der Waals surface area contributed by atoms with E-state index in [4.69, 9.17) is 9.29 Å². The predicted molar refractivity (Wildman–Crippen MR) is 88.2 cm³/mol. The third kappa shape index (κ3) is 3.10. The first-order valence-electron chi connectivity index (χ1n) is 6.93. The van der Waals surface area contributed by atoms with Crippen molar-refractivity contribution in [3.8, 4) is 22.7 Å². The second-order valence-electron chi connectivity index (χ2n) is 5.04. The van der Waals surface area contributed by atoms with Crippen LogP contribution < -0.4 is 10.3 Å². The van der Waals surface area contributed by atoms with Crippen molar-refractivity contribution in [3.05, 3.63) is 65.0 Å². The summed E-state index contributed by atoms with van der Waals surface area (Å²) in [6.45, 7) is 0. The van der Waals surface area contributed by atoms with E-state index < -0.39 is 10.1 Å². The number of H-pyrrole nitrogens is 1. The fourth-order valence-corrected chi connectivity index (χ4v) is 2.77. The molecule has 0 atom stereocenters. The molecule has 3 rings (SSSR count). The highest BCUT2D eigenvalue weighted by molar-refractivity contribution is 7.85. The fourth-order valence-electron chi connectivity index (χ4n) is 2.29. The third-order valence-corrected chi connectivity index (χ3v) is 4.36. The molecule has 0 aliphatic carbocycles. The van der Waals surface area contributed by atoms with Gasteiger partial charge in [-0.1, -0.05) is 12.1 Å². The molecule has 124 valence electrons. The van der Waals surface area contributed by atoms with Crippen LogP contribution in [0, 0.1) is 0 Å². The van der Waals surface area contributed by atoms with E-state index in [-0.39, 0.29) is 10.5 Å². The lowest BCUT2D eigenvalue weighted by Gasteiger charge is -2.04. The number of ether oxygens (including phenoxy) is 1. The van der Waals surface area contributed by atoms with Gasteiger partial charge in [0.15, 0.2) is 0 Å². The van der Waals surface area contributed by atoms with E-state index >= 15 is 0 Å². The van der Waals surface area contributed by atoms with Gasteiger partial charge in [-0.25, -0.2) is 4.68 Å². The van der Waals surface area contributed by atoms with Crippen molar-refractivity contribution >= 4 is 10.1 Å². The van der Waals surface area contributed by atoms with Crippen molar-refractivity contribution in [1.29, 1.82) is 0 Å². The second kappa shape index (κ2) is 5.99. The minimum Gasteiger partial charge on any atom is -0.497 e. The van der Waals surface area contributed by atoms with Crippen molar-refractivity contribution in [3.63, 3.8) is 0 Å². The zero-order valence-electron chi connectivity index (χ0n) is 12.6. The van der Waals surface area contributed by atoms with E-state index in [9.17, 15) is 13.2 Å². The van der Waals surface area contributed by atoms with E-state index in [2.05, 4.69) is 5.10 Å². The number of aromatic amines is 1. The number of nitrogens with one attached hydrogen (secondary N) is 1. The van der Waals surface area contributed by atoms with Gasteiger partial charge in [-0.2, -0.15) is 8.42 Å². The van der Waals surface area contributed by atoms with Crippen LogP contribution in [0.25, 0.3) is 16.9 Å².